The molecule has 0 aliphatic heterocycles. The first-order valence-corrected chi connectivity index (χ1v) is 9.27. The van der Waals surface area contributed by atoms with Crippen LogP contribution in [0.2, 0.25) is 0 Å². The topological polar surface area (TPSA) is 92.2 Å². The van der Waals surface area contributed by atoms with Crippen LogP contribution in [0.3, 0.4) is 0 Å². The van der Waals surface area contributed by atoms with E-state index in [1.165, 1.54) is 11.5 Å². The highest BCUT2D eigenvalue weighted by atomic mass is 32.1. The van der Waals surface area contributed by atoms with Gasteiger partial charge in [-0.15, -0.1) is 0 Å². The second-order valence-corrected chi connectivity index (χ2v) is 6.52. The molecule has 0 radical (unpaired) electrons. The number of hydrogen-bond acceptors (Lipinski definition) is 7. The third-order valence-corrected chi connectivity index (χ3v) is 4.75. The van der Waals surface area contributed by atoms with E-state index in [4.69, 9.17) is 0 Å². The van der Waals surface area contributed by atoms with Crippen LogP contribution < -0.4 is 10.6 Å². The zero-order valence-corrected chi connectivity index (χ0v) is 16.2. The van der Waals surface area contributed by atoms with E-state index in [1.807, 2.05) is 31.2 Å². The zero-order chi connectivity index (χ0) is 19.2. The number of anilines is 3. The molecule has 0 fully saturated rings. The minimum atomic E-state index is -0.200. The van der Waals surface area contributed by atoms with Crippen molar-refractivity contribution in [3.63, 3.8) is 0 Å². The SMILES string of the molecule is CCc1ccccc1NC(=O)c1c(C)nsc1Nc1ccnc(C=NC)n1. The lowest BCUT2D eigenvalue weighted by Crippen LogP contribution is -2.15. The molecule has 0 spiro atoms. The molecule has 1 aromatic carbocycles. The number of aliphatic imine (C=N–C) groups is 1. The summed E-state index contributed by atoms with van der Waals surface area (Å²) in [6.07, 6.45) is 4.04. The van der Waals surface area contributed by atoms with E-state index in [1.54, 1.807) is 25.5 Å². The van der Waals surface area contributed by atoms with Crippen molar-refractivity contribution in [3.05, 3.63) is 59.2 Å². The van der Waals surface area contributed by atoms with Crippen molar-refractivity contribution in [3.8, 4) is 0 Å². The average molecular weight is 380 g/mol. The van der Waals surface area contributed by atoms with E-state index < -0.39 is 0 Å². The van der Waals surface area contributed by atoms with E-state index in [-0.39, 0.29) is 5.91 Å². The van der Waals surface area contributed by atoms with Gasteiger partial charge in [0, 0.05) is 18.9 Å². The molecule has 8 heteroatoms. The summed E-state index contributed by atoms with van der Waals surface area (Å²) in [7, 11) is 1.66. The quantitative estimate of drug-likeness (QED) is 0.634. The Bertz CT molecular complexity index is 982. The van der Waals surface area contributed by atoms with Crippen LogP contribution in [0.15, 0.2) is 41.5 Å². The van der Waals surface area contributed by atoms with Gasteiger partial charge in [-0.3, -0.25) is 9.79 Å². The molecule has 1 amide bonds. The zero-order valence-electron chi connectivity index (χ0n) is 15.4. The predicted molar refractivity (Wildman–Crippen MR) is 109 cm³/mol. The molecule has 3 rings (SSSR count). The Kier molecular flexibility index (Phi) is 5.87. The summed E-state index contributed by atoms with van der Waals surface area (Å²) < 4.78 is 4.33. The maximum absolute atomic E-state index is 12.9. The first kappa shape index (κ1) is 18.7. The van der Waals surface area contributed by atoms with Crippen LogP contribution in [0, 0.1) is 6.92 Å². The lowest BCUT2D eigenvalue weighted by Gasteiger charge is -2.11. The van der Waals surface area contributed by atoms with Gasteiger partial charge in [0.15, 0.2) is 5.82 Å². The standard InChI is InChI=1S/C19H20N6OS/c1-4-13-7-5-6-8-14(13)22-18(26)17-12(2)25-27-19(17)24-15-9-10-21-16(23-15)11-20-3/h5-11H,4H2,1-3H3,(H,22,26)(H,21,23,24). The van der Waals surface area contributed by atoms with Crippen molar-refractivity contribution in [2.24, 2.45) is 4.99 Å². The van der Waals surface area contributed by atoms with Crippen molar-refractivity contribution < 1.29 is 4.79 Å². The first-order valence-electron chi connectivity index (χ1n) is 8.50. The van der Waals surface area contributed by atoms with Crippen LogP contribution in [0.25, 0.3) is 0 Å². The normalized spacial score (nSPS) is 10.9. The highest BCUT2D eigenvalue weighted by Crippen LogP contribution is 2.28. The fourth-order valence-electron chi connectivity index (χ4n) is 2.60. The van der Waals surface area contributed by atoms with Crippen molar-refractivity contribution in [1.29, 1.82) is 0 Å². The summed E-state index contributed by atoms with van der Waals surface area (Å²) >= 11 is 1.22. The van der Waals surface area contributed by atoms with Crippen LogP contribution in [-0.2, 0) is 6.42 Å². The van der Waals surface area contributed by atoms with Crippen molar-refractivity contribution >= 4 is 40.2 Å². The molecule has 0 aliphatic carbocycles. The van der Waals surface area contributed by atoms with Gasteiger partial charge in [-0.1, -0.05) is 25.1 Å². The van der Waals surface area contributed by atoms with Gasteiger partial charge in [-0.25, -0.2) is 9.97 Å². The molecule has 0 bridgehead atoms. The minimum Gasteiger partial charge on any atom is -0.330 e. The number of aromatic nitrogens is 3. The summed E-state index contributed by atoms with van der Waals surface area (Å²) in [5, 5.41) is 6.80. The lowest BCUT2D eigenvalue weighted by molar-refractivity contribution is 0.102. The fourth-order valence-corrected chi connectivity index (χ4v) is 3.40. The van der Waals surface area contributed by atoms with E-state index in [9.17, 15) is 4.79 Å². The number of nitrogens with one attached hydrogen (secondary N) is 2. The number of amides is 1. The second-order valence-electron chi connectivity index (χ2n) is 5.75. The van der Waals surface area contributed by atoms with Gasteiger partial charge in [0.2, 0.25) is 0 Å². The van der Waals surface area contributed by atoms with Gasteiger partial charge in [-0.05, 0) is 42.6 Å². The Morgan fingerprint density at radius 1 is 1.30 bits per heavy atom. The maximum Gasteiger partial charge on any atom is 0.260 e. The molecule has 0 unspecified atom stereocenters. The fraction of sp³-hybridized carbons (Fsp3) is 0.211. The summed E-state index contributed by atoms with van der Waals surface area (Å²) in [6, 6.07) is 9.51. The van der Waals surface area contributed by atoms with Gasteiger partial charge in [0.1, 0.15) is 10.8 Å². The minimum absolute atomic E-state index is 0.200. The third kappa shape index (κ3) is 4.35. The van der Waals surface area contributed by atoms with Crippen molar-refractivity contribution in [2.75, 3.05) is 17.7 Å². The van der Waals surface area contributed by atoms with Gasteiger partial charge in [-0.2, -0.15) is 4.37 Å². The molecule has 2 heterocycles. The number of carbonyl (C=O) groups excluding carboxylic acids is 1. The van der Waals surface area contributed by atoms with Crippen LogP contribution in [0.1, 0.15) is 34.4 Å². The molecule has 2 N–H and O–H groups in total. The third-order valence-electron chi connectivity index (χ3n) is 3.90. The van der Waals surface area contributed by atoms with Crippen LogP contribution in [-0.4, -0.2) is 33.5 Å². The van der Waals surface area contributed by atoms with Crippen LogP contribution >= 0.6 is 11.5 Å². The van der Waals surface area contributed by atoms with Crippen LogP contribution in [0.5, 0.6) is 0 Å². The number of nitrogens with zero attached hydrogens (tertiary/aromatic N) is 4. The first-order chi connectivity index (χ1) is 13.1. The molecule has 0 saturated carbocycles. The second kappa shape index (κ2) is 8.50. The Labute approximate surface area is 161 Å². The van der Waals surface area contributed by atoms with E-state index in [0.29, 0.717) is 27.9 Å². The van der Waals surface area contributed by atoms with Gasteiger partial charge >= 0.3 is 0 Å². The molecule has 0 aliphatic rings. The molecular weight excluding hydrogens is 360 g/mol. The molecule has 7 nitrogen and oxygen atoms in total. The summed E-state index contributed by atoms with van der Waals surface area (Å²) in [4.78, 5) is 25.3. The van der Waals surface area contributed by atoms with Gasteiger partial charge < -0.3 is 10.6 Å². The van der Waals surface area contributed by atoms with Crippen molar-refractivity contribution in [1.82, 2.24) is 14.3 Å². The number of rotatable bonds is 6. The summed E-state index contributed by atoms with van der Waals surface area (Å²) in [5.74, 6) is 0.868. The number of hydrogen-bond donors (Lipinski definition) is 2. The predicted octanol–water partition coefficient (Wildman–Crippen LogP) is 3.85. The van der Waals surface area contributed by atoms with E-state index in [0.717, 1.165) is 17.7 Å². The van der Waals surface area contributed by atoms with E-state index >= 15 is 0 Å². The Balaban J connectivity index is 1.86. The van der Waals surface area contributed by atoms with E-state index in [2.05, 4.69) is 36.9 Å². The molecule has 0 saturated heterocycles. The number of benzene rings is 1. The Morgan fingerprint density at radius 2 is 2.11 bits per heavy atom. The lowest BCUT2D eigenvalue weighted by atomic mass is 10.1. The van der Waals surface area contributed by atoms with Crippen LogP contribution in [0.4, 0.5) is 16.5 Å². The smallest absolute Gasteiger partial charge is 0.260 e. The molecular formula is C19H20N6OS. The molecule has 27 heavy (non-hydrogen) atoms. The largest absolute Gasteiger partial charge is 0.330 e. The average Bonchev–Trinajstić information content (AvgIpc) is 3.03. The molecule has 2 aromatic heterocycles. The highest BCUT2D eigenvalue weighted by molar-refractivity contribution is 7.10. The van der Waals surface area contributed by atoms with Crippen molar-refractivity contribution in [2.45, 2.75) is 20.3 Å². The summed E-state index contributed by atoms with van der Waals surface area (Å²) in [6.45, 7) is 3.87. The molecule has 0 atom stereocenters. The Hall–Kier alpha value is -3.13. The van der Waals surface area contributed by atoms with Gasteiger partial charge in [0.25, 0.3) is 5.91 Å². The Morgan fingerprint density at radius 3 is 2.89 bits per heavy atom. The molecule has 138 valence electrons. The number of para-hydroxylation sites is 1. The monoisotopic (exact) mass is 380 g/mol. The number of aryl methyl sites for hydroxylation is 2. The highest BCUT2D eigenvalue weighted by Gasteiger charge is 2.20. The number of carbonyl (C=O) groups is 1. The maximum atomic E-state index is 12.9. The molecule has 3 aromatic rings. The summed E-state index contributed by atoms with van der Waals surface area (Å²) in [5.41, 5.74) is 3.07. The van der Waals surface area contributed by atoms with Gasteiger partial charge in [0.05, 0.1) is 17.5 Å².